The lowest BCUT2D eigenvalue weighted by Crippen LogP contribution is -2.30. The van der Waals surface area contributed by atoms with Gasteiger partial charge in [0, 0.05) is 16.8 Å². The molecule has 0 radical (unpaired) electrons. The lowest BCUT2D eigenvalue weighted by molar-refractivity contribution is -0.115. The van der Waals surface area contributed by atoms with Crippen molar-refractivity contribution < 1.29 is 4.79 Å². The van der Waals surface area contributed by atoms with Gasteiger partial charge >= 0.3 is 0 Å². The Labute approximate surface area is 136 Å². The van der Waals surface area contributed by atoms with Gasteiger partial charge in [0.1, 0.15) is 0 Å². The van der Waals surface area contributed by atoms with Gasteiger partial charge in [-0.1, -0.05) is 41.9 Å². The van der Waals surface area contributed by atoms with Crippen molar-refractivity contribution in [2.45, 2.75) is 26.8 Å². The first-order valence-electron chi connectivity index (χ1n) is 7.32. The summed E-state index contributed by atoms with van der Waals surface area (Å²) in [7, 11) is 0. The molecule has 0 unspecified atom stereocenters. The van der Waals surface area contributed by atoms with Crippen molar-refractivity contribution in [3.63, 3.8) is 0 Å². The molecule has 0 aromatic heterocycles. The Hall–Kier alpha value is -1.84. The Morgan fingerprint density at radius 2 is 1.68 bits per heavy atom. The van der Waals surface area contributed by atoms with Gasteiger partial charge in [0.05, 0.1) is 6.54 Å². The molecule has 3 nitrogen and oxygen atoms in total. The summed E-state index contributed by atoms with van der Waals surface area (Å²) in [5.74, 6) is -0.0433. The Morgan fingerprint density at radius 1 is 1.09 bits per heavy atom. The molecule has 2 rings (SSSR count). The van der Waals surface area contributed by atoms with Crippen LogP contribution >= 0.6 is 11.6 Å². The molecule has 22 heavy (non-hydrogen) atoms. The van der Waals surface area contributed by atoms with Crippen LogP contribution in [-0.2, 0) is 4.79 Å². The van der Waals surface area contributed by atoms with E-state index in [1.54, 1.807) is 0 Å². The molecule has 0 heterocycles. The molecule has 0 saturated carbocycles. The van der Waals surface area contributed by atoms with Crippen LogP contribution in [0.4, 0.5) is 5.69 Å². The van der Waals surface area contributed by atoms with Gasteiger partial charge in [-0.05, 0) is 49.6 Å². The molecule has 2 aromatic carbocycles. The van der Waals surface area contributed by atoms with E-state index >= 15 is 0 Å². The minimum atomic E-state index is -0.0433. The van der Waals surface area contributed by atoms with E-state index in [4.69, 9.17) is 11.6 Å². The van der Waals surface area contributed by atoms with E-state index < -0.39 is 0 Å². The van der Waals surface area contributed by atoms with E-state index in [1.165, 1.54) is 0 Å². The fourth-order valence-electron chi connectivity index (χ4n) is 2.31. The molecule has 0 aliphatic carbocycles. The van der Waals surface area contributed by atoms with Crippen molar-refractivity contribution in [3.05, 3.63) is 64.2 Å². The third-order valence-electron chi connectivity index (χ3n) is 3.68. The van der Waals surface area contributed by atoms with Crippen LogP contribution in [0.2, 0.25) is 5.02 Å². The minimum absolute atomic E-state index is 0.0433. The number of anilines is 1. The largest absolute Gasteiger partial charge is 0.324 e. The van der Waals surface area contributed by atoms with Crippen molar-refractivity contribution in [2.75, 3.05) is 11.9 Å². The summed E-state index contributed by atoms with van der Waals surface area (Å²) in [6.45, 7) is 6.27. The van der Waals surface area contributed by atoms with Crippen LogP contribution in [0, 0.1) is 13.8 Å². The summed E-state index contributed by atoms with van der Waals surface area (Å²) in [5.41, 5.74) is 4.14. The molecule has 2 N–H and O–H groups in total. The predicted molar refractivity (Wildman–Crippen MR) is 92.4 cm³/mol. The number of carbonyl (C=O) groups excluding carboxylic acids is 1. The third kappa shape index (κ3) is 4.33. The minimum Gasteiger partial charge on any atom is -0.324 e. The van der Waals surface area contributed by atoms with Crippen LogP contribution in [0.25, 0.3) is 0 Å². The Balaban J connectivity index is 1.91. The second kappa shape index (κ2) is 7.43. The highest BCUT2D eigenvalue weighted by Crippen LogP contribution is 2.19. The Morgan fingerprint density at radius 3 is 2.27 bits per heavy atom. The number of aryl methyl sites for hydroxylation is 2. The lowest BCUT2D eigenvalue weighted by Gasteiger charge is -2.15. The van der Waals surface area contributed by atoms with Gasteiger partial charge in [-0.3, -0.25) is 4.79 Å². The fourth-order valence-corrected chi connectivity index (χ4v) is 2.44. The molecule has 0 fully saturated rings. The average Bonchev–Trinajstić information content (AvgIpc) is 2.49. The zero-order valence-corrected chi connectivity index (χ0v) is 13.9. The standard InChI is InChI=1S/C18H21ClN2O/c1-12-5-4-6-13(2)18(12)21-17(22)11-20-14(3)15-7-9-16(19)10-8-15/h4-10,14,20H,11H2,1-3H3,(H,21,22)/t14-/m1/s1. The fraction of sp³-hybridized carbons (Fsp3) is 0.278. The van der Waals surface area contributed by atoms with Gasteiger partial charge in [-0.2, -0.15) is 0 Å². The molecule has 0 aliphatic heterocycles. The Bertz CT molecular complexity index is 632. The van der Waals surface area contributed by atoms with E-state index in [1.807, 2.05) is 63.2 Å². The highest BCUT2D eigenvalue weighted by Gasteiger charge is 2.10. The van der Waals surface area contributed by atoms with E-state index in [0.717, 1.165) is 22.4 Å². The van der Waals surface area contributed by atoms with Crippen LogP contribution in [0.5, 0.6) is 0 Å². The molecule has 1 atom stereocenters. The predicted octanol–water partition coefficient (Wildman–Crippen LogP) is 4.25. The van der Waals surface area contributed by atoms with Crippen LogP contribution in [-0.4, -0.2) is 12.5 Å². The topological polar surface area (TPSA) is 41.1 Å². The number of hydrogen-bond donors (Lipinski definition) is 2. The molecular formula is C18H21ClN2O. The molecular weight excluding hydrogens is 296 g/mol. The molecule has 2 aromatic rings. The first-order chi connectivity index (χ1) is 10.5. The second-order valence-electron chi connectivity index (χ2n) is 5.47. The van der Waals surface area contributed by atoms with Gasteiger partial charge in [-0.25, -0.2) is 0 Å². The van der Waals surface area contributed by atoms with Crippen molar-refractivity contribution in [1.29, 1.82) is 0 Å². The normalized spacial score (nSPS) is 12.0. The number of para-hydroxylation sites is 1. The quantitative estimate of drug-likeness (QED) is 0.866. The van der Waals surface area contributed by atoms with Crippen LogP contribution in [0.3, 0.4) is 0 Å². The monoisotopic (exact) mass is 316 g/mol. The number of carbonyl (C=O) groups is 1. The summed E-state index contributed by atoms with van der Waals surface area (Å²) in [4.78, 5) is 12.1. The molecule has 0 bridgehead atoms. The number of nitrogens with one attached hydrogen (secondary N) is 2. The van der Waals surface area contributed by atoms with Gasteiger partial charge in [0.15, 0.2) is 0 Å². The number of halogens is 1. The average molecular weight is 317 g/mol. The maximum Gasteiger partial charge on any atom is 0.238 e. The maximum atomic E-state index is 12.1. The van der Waals surface area contributed by atoms with Gasteiger partial charge in [0.2, 0.25) is 5.91 Å². The summed E-state index contributed by atoms with van der Waals surface area (Å²) in [6.07, 6.45) is 0. The molecule has 116 valence electrons. The summed E-state index contributed by atoms with van der Waals surface area (Å²) in [5, 5.41) is 6.91. The van der Waals surface area contributed by atoms with Crippen molar-refractivity contribution in [1.82, 2.24) is 5.32 Å². The smallest absolute Gasteiger partial charge is 0.238 e. The SMILES string of the molecule is Cc1cccc(C)c1NC(=O)CN[C@H](C)c1ccc(Cl)cc1. The first kappa shape index (κ1) is 16.5. The van der Waals surface area contributed by atoms with E-state index in [2.05, 4.69) is 10.6 Å². The molecule has 0 saturated heterocycles. The second-order valence-corrected chi connectivity index (χ2v) is 5.91. The summed E-state index contributed by atoms with van der Waals surface area (Å²) in [6, 6.07) is 13.7. The highest BCUT2D eigenvalue weighted by atomic mass is 35.5. The van der Waals surface area contributed by atoms with Crippen molar-refractivity contribution in [3.8, 4) is 0 Å². The van der Waals surface area contributed by atoms with Gasteiger partial charge in [-0.15, -0.1) is 0 Å². The van der Waals surface area contributed by atoms with E-state index in [9.17, 15) is 4.79 Å². The molecule has 4 heteroatoms. The van der Waals surface area contributed by atoms with Crippen molar-refractivity contribution in [2.24, 2.45) is 0 Å². The summed E-state index contributed by atoms with van der Waals surface area (Å²) < 4.78 is 0. The van der Waals surface area contributed by atoms with Crippen molar-refractivity contribution >= 4 is 23.2 Å². The zero-order chi connectivity index (χ0) is 16.1. The molecule has 1 amide bonds. The van der Waals surface area contributed by atoms with E-state index in [0.29, 0.717) is 5.02 Å². The number of rotatable bonds is 5. The number of benzene rings is 2. The van der Waals surface area contributed by atoms with E-state index in [-0.39, 0.29) is 18.5 Å². The Kier molecular flexibility index (Phi) is 5.58. The molecule has 0 spiro atoms. The van der Waals surface area contributed by atoms with Crippen LogP contribution in [0.15, 0.2) is 42.5 Å². The van der Waals surface area contributed by atoms with Crippen LogP contribution in [0.1, 0.15) is 29.7 Å². The number of hydrogen-bond acceptors (Lipinski definition) is 2. The summed E-state index contributed by atoms with van der Waals surface area (Å²) >= 11 is 5.88. The zero-order valence-electron chi connectivity index (χ0n) is 13.1. The highest BCUT2D eigenvalue weighted by molar-refractivity contribution is 6.30. The lowest BCUT2D eigenvalue weighted by atomic mass is 10.1. The third-order valence-corrected chi connectivity index (χ3v) is 3.94. The van der Waals surface area contributed by atoms with Gasteiger partial charge in [0.25, 0.3) is 0 Å². The molecule has 0 aliphatic rings. The number of amides is 1. The van der Waals surface area contributed by atoms with Gasteiger partial charge < -0.3 is 10.6 Å². The van der Waals surface area contributed by atoms with Crippen LogP contribution < -0.4 is 10.6 Å². The first-order valence-corrected chi connectivity index (χ1v) is 7.70. The maximum absolute atomic E-state index is 12.1.